The van der Waals surface area contributed by atoms with Gasteiger partial charge in [0.2, 0.25) is 5.91 Å². The van der Waals surface area contributed by atoms with Crippen molar-refractivity contribution < 1.29 is 24.0 Å². The molecule has 0 saturated heterocycles. The average Bonchev–Trinajstić information content (AvgIpc) is 2.86. The molecule has 0 aromatic heterocycles. The number of anilines is 1. The van der Waals surface area contributed by atoms with Gasteiger partial charge in [-0.15, -0.1) is 0 Å². The molecule has 0 aliphatic carbocycles. The maximum Gasteiger partial charge on any atom is 0.363 e. The number of fused-ring (bicyclic) bond motifs is 1. The highest BCUT2D eigenvalue weighted by Gasteiger charge is 2.38. The van der Waals surface area contributed by atoms with E-state index in [1.54, 1.807) is 31.3 Å². The fourth-order valence-corrected chi connectivity index (χ4v) is 2.39. The normalized spacial score (nSPS) is 12.8. The summed E-state index contributed by atoms with van der Waals surface area (Å²) in [5.74, 6) is -2.35. The molecule has 0 bridgehead atoms. The maximum atomic E-state index is 12.2. The Balaban J connectivity index is 1.76. The lowest BCUT2D eigenvalue weighted by atomic mass is 10.1. The van der Waals surface area contributed by atoms with E-state index < -0.39 is 17.8 Å². The second-order valence-electron chi connectivity index (χ2n) is 5.45. The summed E-state index contributed by atoms with van der Waals surface area (Å²) >= 11 is 0. The molecule has 2 aromatic carbocycles. The van der Waals surface area contributed by atoms with E-state index in [1.165, 1.54) is 36.1 Å². The molecule has 0 unspecified atom stereocenters. The van der Waals surface area contributed by atoms with Gasteiger partial charge in [-0.2, -0.15) is 0 Å². The van der Waals surface area contributed by atoms with Gasteiger partial charge in [-0.1, -0.05) is 17.2 Å². The SMILES string of the molecule is CC(=O)N(C)c1ccc(C(=O)ON2C(=O)c3ccccc3C2=O)cc1. The second kappa shape index (κ2) is 6.20. The van der Waals surface area contributed by atoms with Crippen molar-refractivity contribution in [3.63, 3.8) is 0 Å². The molecule has 3 amide bonds. The van der Waals surface area contributed by atoms with Gasteiger partial charge in [-0.3, -0.25) is 14.4 Å². The van der Waals surface area contributed by atoms with E-state index in [9.17, 15) is 19.2 Å². The number of nitrogens with zero attached hydrogens (tertiary/aromatic N) is 2. The van der Waals surface area contributed by atoms with E-state index >= 15 is 0 Å². The van der Waals surface area contributed by atoms with Crippen molar-refractivity contribution in [2.24, 2.45) is 0 Å². The molecule has 1 heterocycles. The third-order valence-electron chi connectivity index (χ3n) is 3.89. The highest BCUT2D eigenvalue weighted by molar-refractivity contribution is 6.21. The molecule has 0 spiro atoms. The smallest absolute Gasteiger partial charge is 0.324 e. The molecule has 0 radical (unpaired) electrons. The van der Waals surface area contributed by atoms with Gasteiger partial charge in [-0.25, -0.2) is 4.79 Å². The lowest BCUT2D eigenvalue weighted by Crippen LogP contribution is -2.32. The number of hydroxylamine groups is 2. The first-order chi connectivity index (χ1) is 11.9. The minimum Gasteiger partial charge on any atom is -0.324 e. The molecule has 0 fully saturated rings. The monoisotopic (exact) mass is 338 g/mol. The van der Waals surface area contributed by atoms with Crippen LogP contribution in [-0.4, -0.2) is 35.8 Å². The summed E-state index contributed by atoms with van der Waals surface area (Å²) in [4.78, 5) is 54.3. The number of rotatable bonds is 3. The van der Waals surface area contributed by atoms with Crippen LogP contribution >= 0.6 is 0 Å². The molecule has 126 valence electrons. The molecule has 0 atom stereocenters. The Hall–Kier alpha value is -3.48. The zero-order chi connectivity index (χ0) is 18.1. The summed E-state index contributed by atoms with van der Waals surface area (Å²) in [5.41, 5.74) is 1.14. The average molecular weight is 338 g/mol. The second-order valence-corrected chi connectivity index (χ2v) is 5.45. The molecule has 1 aliphatic heterocycles. The van der Waals surface area contributed by atoms with E-state index in [1.807, 2.05) is 0 Å². The number of carbonyl (C=O) groups excluding carboxylic acids is 4. The lowest BCUT2D eigenvalue weighted by molar-refractivity contribution is -0.116. The van der Waals surface area contributed by atoms with Gasteiger partial charge in [0, 0.05) is 19.7 Å². The van der Waals surface area contributed by atoms with Crippen LogP contribution in [0.1, 0.15) is 38.0 Å². The van der Waals surface area contributed by atoms with Crippen LogP contribution in [0.25, 0.3) is 0 Å². The maximum absolute atomic E-state index is 12.2. The summed E-state index contributed by atoms with van der Waals surface area (Å²) in [7, 11) is 1.61. The molecular weight excluding hydrogens is 324 g/mol. The first-order valence-corrected chi connectivity index (χ1v) is 7.44. The number of hydrogen-bond acceptors (Lipinski definition) is 5. The first-order valence-electron chi connectivity index (χ1n) is 7.44. The van der Waals surface area contributed by atoms with Gasteiger partial charge < -0.3 is 9.74 Å². The molecule has 2 aromatic rings. The Labute approximate surface area is 143 Å². The summed E-state index contributed by atoms with van der Waals surface area (Å²) in [5, 5.41) is 0.461. The molecule has 7 nitrogen and oxygen atoms in total. The number of benzene rings is 2. The molecule has 3 rings (SSSR count). The standard InChI is InChI=1S/C18H14N2O5/c1-11(21)19(2)13-9-7-12(8-10-13)18(24)25-20-16(22)14-5-3-4-6-15(14)17(20)23/h3-10H,1-2H3. The molecular formula is C18H14N2O5. The van der Waals surface area contributed by atoms with Crippen LogP contribution in [0.5, 0.6) is 0 Å². The number of carbonyl (C=O) groups is 4. The number of imide groups is 1. The van der Waals surface area contributed by atoms with Crippen LogP contribution in [0.2, 0.25) is 0 Å². The third kappa shape index (κ3) is 2.87. The van der Waals surface area contributed by atoms with E-state index in [2.05, 4.69) is 0 Å². The van der Waals surface area contributed by atoms with E-state index in [-0.39, 0.29) is 22.6 Å². The molecule has 25 heavy (non-hydrogen) atoms. The fourth-order valence-electron chi connectivity index (χ4n) is 2.39. The Morgan fingerprint density at radius 2 is 1.44 bits per heavy atom. The Bertz CT molecular complexity index is 854. The molecule has 1 aliphatic rings. The van der Waals surface area contributed by atoms with Crippen LogP contribution in [0.4, 0.5) is 5.69 Å². The first kappa shape index (κ1) is 16.4. The lowest BCUT2D eigenvalue weighted by Gasteiger charge is -2.16. The third-order valence-corrected chi connectivity index (χ3v) is 3.89. The minimum atomic E-state index is -0.841. The van der Waals surface area contributed by atoms with Crippen molar-refractivity contribution in [1.82, 2.24) is 5.06 Å². The summed E-state index contributed by atoms with van der Waals surface area (Å²) in [6.45, 7) is 1.42. The van der Waals surface area contributed by atoms with Crippen LogP contribution in [0.15, 0.2) is 48.5 Å². The summed E-state index contributed by atoms with van der Waals surface area (Å²) in [6.07, 6.45) is 0. The largest absolute Gasteiger partial charge is 0.363 e. The Morgan fingerprint density at radius 3 is 1.92 bits per heavy atom. The van der Waals surface area contributed by atoms with Crippen molar-refractivity contribution >= 4 is 29.4 Å². The van der Waals surface area contributed by atoms with Crippen LogP contribution in [0, 0.1) is 0 Å². The van der Waals surface area contributed by atoms with Gasteiger partial charge in [0.15, 0.2) is 0 Å². The fraction of sp³-hybridized carbons (Fsp3) is 0.111. The topological polar surface area (TPSA) is 84.0 Å². The zero-order valence-electron chi connectivity index (χ0n) is 13.6. The number of amides is 3. The van der Waals surface area contributed by atoms with Gasteiger partial charge in [-0.05, 0) is 36.4 Å². The van der Waals surface area contributed by atoms with E-state index in [0.29, 0.717) is 10.8 Å². The highest BCUT2D eigenvalue weighted by atomic mass is 16.7. The molecule has 0 N–H and O–H groups in total. The van der Waals surface area contributed by atoms with Crippen molar-refractivity contribution in [2.45, 2.75) is 6.92 Å². The van der Waals surface area contributed by atoms with Crippen molar-refractivity contribution in [1.29, 1.82) is 0 Å². The molecule has 7 heteroatoms. The van der Waals surface area contributed by atoms with Gasteiger partial charge >= 0.3 is 5.97 Å². The van der Waals surface area contributed by atoms with Crippen molar-refractivity contribution in [3.8, 4) is 0 Å². The highest BCUT2D eigenvalue weighted by Crippen LogP contribution is 2.23. The van der Waals surface area contributed by atoms with Gasteiger partial charge in [0.05, 0.1) is 16.7 Å². The number of hydrogen-bond donors (Lipinski definition) is 0. The van der Waals surface area contributed by atoms with Crippen LogP contribution < -0.4 is 4.90 Å². The Morgan fingerprint density at radius 1 is 0.920 bits per heavy atom. The van der Waals surface area contributed by atoms with Crippen molar-refractivity contribution in [3.05, 3.63) is 65.2 Å². The summed E-state index contributed by atoms with van der Waals surface area (Å²) < 4.78 is 0. The van der Waals surface area contributed by atoms with E-state index in [4.69, 9.17) is 4.84 Å². The van der Waals surface area contributed by atoms with Gasteiger partial charge in [0.25, 0.3) is 11.8 Å². The predicted octanol–water partition coefficient (Wildman–Crippen LogP) is 2.04. The van der Waals surface area contributed by atoms with E-state index in [0.717, 1.165) is 0 Å². The van der Waals surface area contributed by atoms with Crippen LogP contribution in [-0.2, 0) is 9.63 Å². The van der Waals surface area contributed by atoms with Crippen molar-refractivity contribution in [2.75, 3.05) is 11.9 Å². The summed E-state index contributed by atoms with van der Waals surface area (Å²) in [6, 6.07) is 12.3. The van der Waals surface area contributed by atoms with Crippen LogP contribution in [0.3, 0.4) is 0 Å². The molecule has 0 saturated carbocycles. The zero-order valence-corrected chi connectivity index (χ0v) is 13.6. The predicted molar refractivity (Wildman–Crippen MR) is 87.9 cm³/mol. The minimum absolute atomic E-state index is 0.150. The van der Waals surface area contributed by atoms with Gasteiger partial charge in [0.1, 0.15) is 0 Å². The Kier molecular flexibility index (Phi) is 4.06. The quantitative estimate of drug-likeness (QED) is 0.800.